The number of unbranched alkanes of at least 4 members (excludes halogenated alkanes) is 3. The van der Waals surface area contributed by atoms with E-state index in [9.17, 15) is 9.59 Å². The van der Waals surface area contributed by atoms with Crippen molar-refractivity contribution in [2.24, 2.45) is 0 Å². The lowest BCUT2D eigenvalue weighted by molar-refractivity contribution is -0.114. The van der Waals surface area contributed by atoms with Crippen LogP contribution in [0.5, 0.6) is 0 Å². The van der Waals surface area contributed by atoms with E-state index in [-0.39, 0.29) is 0 Å². The van der Waals surface area contributed by atoms with Gasteiger partial charge in [0.2, 0.25) is 0 Å². The van der Waals surface area contributed by atoms with Gasteiger partial charge in [-0.25, -0.2) is 0 Å². The monoisotopic (exact) mass is 357 g/mol. The summed E-state index contributed by atoms with van der Waals surface area (Å²) in [6, 6.07) is 3.67. The van der Waals surface area contributed by atoms with Crippen molar-refractivity contribution >= 4 is 44.9 Å². The Bertz CT molecular complexity index is 545. The van der Waals surface area contributed by atoms with E-state index in [1.807, 2.05) is 13.0 Å². The zero-order valence-corrected chi connectivity index (χ0v) is 13.8. The normalized spacial score (nSPS) is 14.1. The van der Waals surface area contributed by atoms with Crippen molar-refractivity contribution in [2.75, 3.05) is 17.3 Å². The Morgan fingerprint density at radius 1 is 1.15 bits per heavy atom. The van der Waals surface area contributed by atoms with Gasteiger partial charge < -0.3 is 4.90 Å². The summed E-state index contributed by atoms with van der Waals surface area (Å²) < 4.78 is 0.832. The number of halogens is 2. The summed E-state index contributed by atoms with van der Waals surface area (Å²) in [4.78, 5) is 25.7. The predicted molar refractivity (Wildman–Crippen MR) is 84.8 cm³/mol. The van der Waals surface area contributed by atoms with Crippen molar-refractivity contribution in [3.8, 4) is 0 Å². The molecule has 1 aliphatic heterocycles. The van der Waals surface area contributed by atoms with Gasteiger partial charge in [0.1, 0.15) is 0 Å². The van der Waals surface area contributed by atoms with Crippen LogP contribution >= 0.6 is 27.5 Å². The second-order valence-corrected chi connectivity index (χ2v) is 6.30. The topological polar surface area (TPSA) is 37.4 Å². The smallest absolute Gasteiger partial charge is 0.299 e. The minimum atomic E-state index is -0.404. The highest BCUT2D eigenvalue weighted by Gasteiger charge is 2.36. The molecule has 2 rings (SSSR count). The van der Waals surface area contributed by atoms with Gasteiger partial charge in [0, 0.05) is 16.9 Å². The number of Topliss-reactive ketones (excluding diaryl/α,β-unsaturated/α-hetero) is 1. The number of anilines is 1. The lowest BCUT2D eigenvalue weighted by atomic mass is 10.1. The summed E-state index contributed by atoms with van der Waals surface area (Å²) in [6.45, 7) is 2.53. The van der Waals surface area contributed by atoms with E-state index in [1.54, 1.807) is 11.0 Å². The molecule has 0 bridgehead atoms. The lowest BCUT2D eigenvalue weighted by Crippen LogP contribution is -2.31. The fourth-order valence-electron chi connectivity index (χ4n) is 2.54. The van der Waals surface area contributed by atoms with Crippen LogP contribution in [-0.2, 0) is 4.79 Å². The molecule has 20 heavy (non-hydrogen) atoms. The second-order valence-electron chi connectivity index (χ2n) is 5.01. The van der Waals surface area contributed by atoms with Gasteiger partial charge in [-0.2, -0.15) is 0 Å². The van der Waals surface area contributed by atoms with Crippen molar-refractivity contribution in [3.05, 3.63) is 27.7 Å². The molecule has 1 aromatic carbocycles. The highest BCUT2D eigenvalue weighted by atomic mass is 79.9. The quantitative estimate of drug-likeness (QED) is 0.436. The Kier molecular flexibility index (Phi) is 5.22. The Balaban J connectivity index is 2.12. The Morgan fingerprint density at radius 3 is 2.55 bits per heavy atom. The van der Waals surface area contributed by atoms with Gasteiger partial charge in [-0.05, 0) is 37.5 Å². The number of hydrogen-bond donors (Lipinski definition) is 0. The molecule has 0 atom stereocenters. The minimum Gasteiger partial charge on any atom is -0.304 e. The van der Waals surface area contributed by atoms with Crippen molar-refractivity contribution in [1.29, 1.82) is 0 Å². The minimum absolute atomic E-state index is 0.398. The van der Waals surface area contributed by atoms with Crippen LogP contribution in [0.2, 0.25) is 0 Å². The summed E-state index contributed by atoms with van der Waals surface area (Å²) in [5, 5.41) is 0. The van der Waals surface area contributed by atoms with Crippen LogP contribution in [0, 0.1) is 6.92 Å². The summed E-state index contributed by atoms with van der Waals surface area (Å²) >= 11 is 9.01. The van der Waals surface area contributed by atoms with Crippen LogP contribution in [0.25, 0.3) is 0 Å². The van der Waals surface area contributed by atoms with Crippen molar-refractivity contribution in [3.63, 3.8) is 0 Å². The van der Waals surface area contributed by atoms with E-state index >= 15 is 0 Å². The molecule has 0 saturated heterocycles. The Hall–Kier alpha value is -0.870. The molecule has 0 radical (unpaired) electrons. The van der Waals surface area contributed by atoms with Gasteiger partial charge in [0.25, 0.3) is 11.7 Å². The number of amides is 1. The third-order valence-corrected chi connectivity index (χ3v) is 4.21. The fourth-order valence-corrected chi connectivity index (χ4v) is 3.30. The third-order valence-electron chi connectivity index (χ3n) is 3.48. The first-order chi connectivity index (χ1) is 9.56. The number of rotatable bonds is 6. The molecular weight excluding hydrogens is 342 g/mol. The molecule has 1 aromatic rings. The van der Waals surface area contributed by atoms with Crippen LogP contribution < -0.4 is 4.90 Å². The summed E-state index contributed by atoms with van der Waals surface area (Å²) in [5.74, 6) is -0.124. The first-order valence-electron chi connectivity index (χ1n) is 6.78. The molecule has 108 valence electrons. The van der Waals surface area contributed by atoms with Gasteiger partial charge >= 0.3 is 0 Å². The van der Waals surface area contributed by atoms with Gasteiger partial charge in [0.15, 0.2) is 0 Å². The maximum absolute atomic E-state index is 12.1. The summed E-state index contributed by atoms with van der Waals surface area (Å²) in [7, 11) is 0. The molecule has 1 heterocycles. The van der Waals surface area contributed by atoms with Gasteiger partial charge in [-0.15, -0.1) is 11.6 Å². The molecule has 1 aliphatic rings. The molecule has 5 heteroatoms. The number of aryl methyl sites for hydroxylation is 1. The first-order valence-corrected chi connectivity index (χ1v) is 8.11. The number of ketones is 1. The molecule has 0 saturated carbocycles. The zero-order valence-electron chi connectivity index (χ0n) is 11.4. The van der Waals surface area contributed by atoms with Gasteiger partial charge in [-0.3, -0.25) is 9.59 Å². The van der Waals surface area contributed by atoms with Crippen LogP contribution in [0.15, 0.2) is 16.6 Å². The van der Waals surface area contributed by atoms with E-state index in [0.29, 0.717) is 18.0 Å². The molecule has 0 aliphatic carbocycles. The number of carbonyl (C=O) groups is 2. The van der Waals surface area contributed by atoms with E-state index in [0.717, 1.165) is 41.4 Å². The van der Waals surface area contributed by atoms with E-state index in [1.165, 1.54) is 0 Å². The number of benzene rings is 1. The molecular formula is C15H17BrClNO2. The molecule has 0 unspecified atom stereocenters. The van der Waals surface area contributed by atoms with Crippen molar-refractivity contribution in [2.45, 2.75) is 32.6 Å². The predicted octanol–water partition coefficient (Wildman–Crippen LogP) is 4.09. The maximum Gasteiger partial charge on any atom is 0.299 e. The number of hydrogen-bond acceptors (Lipinski definition) is 2. The number of fused-ring (bicyclic) bond motifs is 1. The largest absolute Gasteiger partial charge is 0.304 e. The number of carbonyl (C=O) groups excluding carboxylic acids is 2. The summed E-state index contributed by atoms with van der Waals surface area (Å²) in [5.41, 5.74) is 2.25. The van der Waals surface area contributed by atoms with Crippen LogP contribution in [-0.4, -0.2) is 24.1 Å². The molecule has 0 spiro atoms. The molecule has 0 fully saturated rings. The van der Waals surface area contributed by atoms with Crippen LogP contribution in [0.4, 0.5) is 5.69 Å². The fraction of sp³-hybridized carbons (Fsp3) is 0.467. The van der Waals surface area contributed by atoms with Crippen molar-refractivity contribution < 1.29 is 9.59 Å². The Morgan fingerprint density at radius 2 is 1.85 bits per heavy atom. The summed E-state index contributed by atoms with van der Waals surface area (Å²) in [6.07, 6.45) is 3.98. The lowest BCUT2D eigenvalue weighted by Gasteiger charge is -2.18. The molecule has 3 nitrogen and oxygen atoms in total. The van der Waals surface area contributed by atoms with Crippen molar-refractivity contribution in [1.82, 2.24) is 0 Å². The highest BCUT2D eigenvalue weighted by molar-refractivity contribution is 9.10. The molecule has 0 aromatic heterocycles. The van der Waals surface area contributed by atoms with Crippen LogP contribution in [0.1, 0.15) is 41.6 Å². The average Bonchev–Trinajstić information content (AvgIpc) is 2.64. The van der Waals surface area contributed by atoms with E-state index in [2.05, 4.69) is 15.9 Å². The van der Waals surface area contributed by atoms with Crippen LogP contribution in [0.3, 0.4) is 0 Å². The van der Waals surface area contributed by atoms with Gasteiger partial charge in [-0.1, -0.05) is 28.8 Å². The average molecular weight is 359 g/mol. The molecule has 1 amide bonds. The maximum atomic E-state index is 12.1. The number of nitrogens with zero attached hydrogens (tertiary/aromatic N) is 1. The first kappa shape index (κ1) is 15.5. The second kappa shape index (κ2) is 6.72. The van der Waals surface area contributed by atoms with E-state index < -0.39 is 11.7 Å². The van der Waals surface area contributed by atoms with E-state index in [4.69, 9.17) is 11.6 Å². The third kappa shape index (κ3) is 3.07. The standard InChI is InChI=1S/C15H17BrClNO2/c1-10-8-11(16)9-12-13(10)18(15(20)14(12)19)7-5-3-2-4-6-17/h8-9H,2-7H2,1H3. The highest BCUT2D eigenvalue weighted by Crippen LogP contribution is 2.35. The number of alkyl halides is 1. The SMILES string of the molecule is Cc1cc(Br)cc2c1N(CCCCCCCl)C(=O)C2=O. The zero-order chi connectivity index (χ0) is 14.7. The Labute approximate surface area is 132 Å². The van der Waals surface area contributed by atoms with Gasteiger partial charge in [0.05, 0.1) is 11.3 Å². The molecule has 0 N–H and O–H groups in total.